The molecule has 1 aliphatic heterocycles. The molecule has 7 heteroatoms. The molecule has 0 aromatic rings. The summed E-state index contributed by atoms with van der Waals surface area (Å²) in [6.45, 7) is -0.754. The normalized spacial score (nSPS) is 36.9. The third-order valence-electron chi connectivity index (χ3n) is 1.89. The molecule has 0 spiro atoms. The van der Waals surface area contributed by atoms with Crippen LogP contribution in [0.4, 0.5) is 0 Å². The van der Waals surface area contributed by atoms with Gasteiger partial charge in [-0.15, -0.1) is 0 Å². The molecule has 1 fully saturated rings. The van der Waals surface area contributed by atoms with Crippen LogP contribution in [-0.4, -0.2) is 51.3 Å². The van der Waals surface area contributed by atoms with E-state index in [4.69, 9.17) is 33.7 Å². The van der Waals surface area contributed by atoms with Crippen LogP contribution in [0.1, 0.15) is 6.42 Å². The van der Waals surface area contributed by atoms with Crippen LogP contribution in [0, 0.1) is 0 Å². The monoisotopic (exact) mass is 236 g/mol. The second-order valence-electron chi connectivity index (χ2n) is 3.35. The molecule has 1 heterocycles. The highest BCUT2D eigenvalue weighted by molar-refractivity contribution is 8.09. The highest BCUT2D eigenvalue weighted by Gasteiger charge is 2.35. The Kier molecular flexibility index (Phi) is 4.56. The minimum atomic E-state index is -2.66. The Morgan fingerprint density at radius 2 is 2.36 bits per heavy atom. The zero-order valence-corrected chi connectivity index (χ0v) is 9.96. The van der Waals surface area contributed by atoms with Crippen molar-refractivity contribution in [3.8, 4) is 0 Å². The Labute approximate surface area is 90.5 Å². The lowest BCUT2D eigenvalue weighted by Gasteiger charge is -2.21. The lowest BCUT2D eigenvalue weighted by molar-refractivity contribution is -0.01000. The third kappa shape index (κ3) is 3.97. The largest absolute Gasteiger partial charge is 0.382 e. The Morgan fingerprint density at radius 3 is 2.86 bits per heavy atom. The number of hydrogen-bond acceptors (Lipinski definition) is 4. The van der Waals surface area contributed by atoms with E-state index in [1.807, 2.05) is 0 Å². The molecule has 0 bridgehead atoms. The first-order chi connectivity index (χ1) is 6.42. The van der Waals surface area contributed by atoms with Crippen LogP contribution in [0.25, 0.3) is 0 Å². The second kappa shape index (κ2) is 5.06. The molecule has 0 amide bonds. The number of hydrogen-bond donors (Lipinski definition) is 1. The lowest BCUT2D eigenvalue weighted by atomic mass is 9.96. The van der Waals surface area contributed by atoms with Crippen molar-refractivity contribution in [2.75, 3.05) is 20.4 Å². The van der Waals surface area contributed by atoms with E-state index in [9.17, 15) is 4.89 Å². The average molecular weight is 236 g/mol. The van der Waals surface area contributed by atoms with Gasteiger partial charge in [0.1, 0.15) is 14.0 Å². The molecule has 0 aromatic carbocycles. The van der Waals surface area contributed by atoms with Gasteiger partial charge in [0.25, 0.3) is 0 Å². The number of methoxy groups -OCH3 is 1. The van der Waals surface area contributed by atoms with Crippen LogP contribution in [0.5, 0.6) is 0 Å². The maximum atomic E-state index is 9.42. The van der Waals surface area contributed by atoms with Crippen molar-refractivity contribution in [2.45, 2.75) is 24.6 Å². The lowest BCUT2D eigenvalue weighted by Crippen LogP contribution is -2.27. The molecule has 1 aliphatic rings. The fourth-order valence-corrected chi connectivity index (χ4v) is 2.48. The summed E-state index contributed by atoms with van der Waals surface area (Å²) < 4.78 is 15.6. The van der Waals surface area contributed by atoms with Crippen molar-refractivity contribution in [3.05, 3.63) is 0 Å². The minimum Gasteiger partial charge on any atom is -0.382 e. The van der Waals surface area contributed by atoms with Crippen molar-refractivity contribution >= 4 is 26.1 Å². The molecule has 0 aliphatic carbocycles. The van der Waals surface area contributed by atoms with E-state index in [0.29, 0.717) is 13.0 Å². The molecule has 1 unspecified atom stereocenters. The zero-order chi connectivity index (χ0) is 10.8. The summed E-state index contributed by atoms with van der Waals surface area (Å²) in [5.41, 5.74) is 0. The van der Waals surface area contributed by atoms with Gasteiger partial charge in [-0.2, -0.15) is 0 Å². The van der Waals surface area contributed by atoms with Gasteiger partial charge in [-0.25, -0.2) is 0 Å². The maximum Gasteiger partial charge on any atom is 0.183 e. The summed E-state index contributed by atoms with van der Waals surface area (Å²) in [6, 6.07) is -0.360. The van der Waals surface area contributed by atoms with Gasteiger partial charge < -0.3 is 18.9 Å². The number of rotatable bonds is 4. The van der Waals surface area contributed by atoms with E-state index < -0.39 is 6.49 Å². The minimum absolute atomic E-state index is 0.232. The SMILES string of the molecule is [B][C@H]1C[C@@H](OP(C)(O)=S)[C@@H](COC)O1. The molecule has 0 saturated carbocycles. The summed E-state index contributed by atoms with van der Waals surface area (Å²) in [5.74, 6) is 0. The van der Waals surface area contributed by atoms with E-state index in [1.165, 1.54) is 6.66 Å². The molecule has 80 valence electrons. The molecule has 4 atom stereocenters. The van der Waals surface area contributed by atoms with Crippen molar-refractivity contribution in [3.63, 3.8) is 0 Å². The molecule has 0 aromatic heterocycles. The van der Waals surface area contributed by atoms with Gasteiger partial charge in [0.15, 0.2) is 6.49 Å². The molecule has 4 nitrogen and oxygen atoms in total. The van der Waals surface area contributed by atoms with Gasteiger partial charge in [-0.05, 0) is 18.2 Å². The highest BCUT2D eigenvalue weighted by atomic mass is 32.5. The molecule has 1 saturated heterocycles. The van der Waals surface area contributed by atoms with Gasteiger partial charge in [0.2, 0.25) is 0 Å². The summed E-state index contributed by atoms with van der Waals surface area (Å²) in [6.07, 6.45) is 0.0519. The van der Waals surface area contributed by atoms with E-state index in [1.54, 1.807) is 7.11 Å². The first-order valence-electron chi connectivity index (χ1n) is 4.31. The predicted octanol–water partition coefficient (Wildman–Crippen LogP) is 0.233. The van der Waals surface area contributed by atoms with Crippen molar-refractivity contribution in [1.82, 2.24) is 0 Å². The van der Waals surface area contributed by atoms with Crippen LogP contribution in [0.2, 0.25) is 0 Å². The van der Waals surface area contributed by atoms with Crippen molar-refractivity contribution in [2.24, 2.45) is 0 Å². The van der Waals surface area contributed by atoms with Gasteiger partial charge in [0, 0.05) is 19.8 Å². The fraction of sp³-hybridized carbons (Fsp3) is 1.00. The quantitative estimate of drug-likeness (QED) is 0.559. The first kappa shape index (κ1) is 12.6. The molecule has 2 radical (unpaired) electrons. The topological polar surface area (TPSA) is 47.9 Å². The van der Waals surface area contributed by atoms with Gasteiger partial charge in [-0.1, -0.05) is 0 Å². The smallest absolute Gasteiger partial charge is 0.183 e. The molecular formula is C7H14BO4PS. The Balaban J connectivity index is 2.53. The summed E-state index contributed by atoms with van der Waals surface area (Å²) in [5, 5.41) is 0. The highest BCUT2D eigenvalue weighted by Crippen LogP contribution is 2.42. The van der Waals surface area contributed by atoms with E-state index >= 15 is 0 Å². The predicted molar refractivity (Wildman–Crippen MR) is 58.2 cm³/mol. The molecule has 1 N–H and O–H groups in total. The van der Waals surface area contributed by atoms with Gasteiger partial charge in [0.05, 0.1) is 12.7 Å². The molecule has 1 rings (SSSR count). The first-order valence-corrected chi connectivity index (χ1v) is 7.43. The van der Waals surface area contributed by atoms with Crippen molar-refractivity contribution < 1.29 is 18.9 Å². The van der Waals surface area contributed by atoms with Crippen LogP contribution < -0.4 is 0 Å². The standard InChI is InChI=1S/C7H14BO4PS/c1-10-4-6-5(3-7(8)11-6)12-13(2,9)14/h5-7H,3-4H2,1-2H3,(H,9,14)/t5-,6-,7-,13?/m1/s1. The molecule has 14 heavy (non-hydrogen) atoms. The van der Waals surface area contributed by atoms with Gasteiger partial charge in [-0.3, -0.25) is 0 Å². The Hall–Kier alpha value is 0.555. The Morgan fingerprint density at radius 1 is 1.71 bits per heavy atom. The average Bonchev–Trinajstić information content (AvgIpc) is 2.28. The van der Waals surface area contributed by atoms with Gasteiger partial charge >= 0.3 is 0 Å². The summed E-state index contributed by atoms with van der Waals surface area (Å²) >= 11 is 4.80. The third-order valence-corrected chi connectivity index (χ3v) is 2.81. The van der Waals surface area contributed by atoms with E-state index in [-0.39, 0.29) is 18.2 Å². The zero-order valence-electron chi connectivity index (χ0n) is 8.25. The summed E-state index contributed by atoms with van der Waals surface area (Å²) in [7, 11) is 7.18. The number of ether oxygens (including phenoxy) is 2. The fourth-order valence-electron chi connectivity index (χ4n) is 1.42. The summed E-state index contributed by atoms with van der Waals surface area (Å²) in [4.78, 5) is 9.42. The van der Waals surface area contributed by atoms with E-state index in [0.717, 1.165) is 0 Å². The van der Waals surface area contributed by atoms with Crippen molar-refractivity contribution in [1.29, 1.82) is 0 Å². The molecular weight excluding hydrogens is 222 g/mol. The van der Waals surface area contributed by atoms with Crippen LogP contribution in [0.15, 0.2) is 0 Å². The van der Waals surface area contributed by atoms with E-state index in [2.05, 4.69) is 0 Å². The second-order valence-corrected chi connectivity index (χ2v) is 7.20. The van der Waals surface area contributed by atoms with Crippen LogP contribution in [-0.2, 0) is 25.8 Å². The Bertz CT molecular complexity index is 234. The van der Waals surface area contributed by atoms with Crippen LogP contribution in [0.3, 0.4) is 0 Å². The maximum absolute atomic E-state index is 9.42. The van der Waals surface area contributed by atoms with Crippen LogP contribution >= 0.6 is 6.49 Å².